The maximum atomic E-state index is 14.1. The predicted molar refractivity (Wildman–Crippen MR) is 107 cm³/mol. The van der Waals surface area contributed by atoms with E-state index < -0.39 is 17.8 Å². The molecule has 162 valence electrons. The number of methoxy groups -OCH3 is 1. The second-order valence-corrected chi connectivity index (χ2v) is 8.02. The maximum Gasteiger partial charge on any atom is 0.446 e. The highest BCUT2D eigenvalue weighted by atomic mass is 32.2. The van der Waals surface area contributed by atoms with Crippen molar-refractivity contribution in [2.24, 2.45) is 9.98 Å². The third-order valence-corrected chi connectivity index (χ3v) is 6.10. The van der Waals surface area contributed by atoms with Crippen molar-refractivity contribution in [1.29, 1.82) is 0 Å². The summed E-state index contributed by atoms with van der Waals surface area (Å²) in [6.07, 6.45) is -2.39. The molecule has 1 fully saturated rings. The third-order valence-electron chi connectivity index (χ3n) is 5.10. The summed E-state index contributed by atoms with van der Waals surface area (Å²) in [6.45, 7) is 3.42. The van der Waals surface area contributed by atoms with Crippen molar-refractivity contribution in [3.8, 4) is 5.75 Å². The van der Waals surface area contributed by atoms with Crippen LogP contribution in [0, 0.1) is 0 Å². The van der Waals surface area contributed by atoms with Gasteiger partial charge in [-0.2, -0.15) is 13.2 Å². The molecular weight excluding hydrogens is 421 g/mol. The van der Waals surface area contributed by atoms with Crippen molar-refractivity contribution >= 4 is 34.5 Å². The van der Waals surface area contributed by atoms with E-state index in [0.29, 0.717) is 36.0 Å². The molecule has 1 aromatic carbocycles. The van der Waals surface area contributed by atoms with Crippen LogP contribution in [0.4, 0.5) is 18.9 Å². The molecule has 0 spiro atoms. The number of thioether (sulfide) groups is 1. The molecule has 0 radical (unpaired) electrons. The first kappa shape index (κ1) is 20.8. The van der Waals surface area contributed by atoms with Gasteiger partial charge in [0.05, 0.1) is 19.4 Å². The molecule has 0 saturated carbocycles. The van der Waals surface area contributed by atoms with Crippen LogP contribution in [-0.4, -0.2) is 60.6 Å². The van der Waals surface area contributed by atoms with Gasteiger partial charge in [-0.15, -0.1) is 0 Å². The Morgan fingerprint density at radius 1 is 1.23 bits per heavy atom. The van der Waals surface area contributed by atoms with Crippen molar-refractivity contribution in [3.05, 3.63) is 18.2 Å². The average Bonchev–Trinajstić information content (AvgIpc) is 3.09. The minimum atomic E-state index is -5.05. The van der Waals surface area contributed by atoms with E-state index in [9.17, 15) is 18.0 Å². The first-order chi connectivity index (χ1) is 14.3. The molecule has 0 N–H and O–H groups in total. The highest BCUT2D eigenvalue weighted by molar-refractivity contribution is 8.15. The molecule has 0 aromatic heterocycles. The lowest BCUT2D eigenvalue weighted by molar-refractivity contribution is -0.201. The Hall–Kier alpha value is -2.43. The van der Waals surface area contributed by atoms with Gasteiger partial charge in [0.25, 0.3) is 0 Å². The fourth-order valence-electron chi connectivity index (χ4n) is 3.67. The number of carbonyl (C=O) groups excluding carboxylic acids is 1. The Bertz CT molecular complexity index is 915. The van der Waals surface area contributed by atoms with Crippen LogP contribution in [0.5, 0.6) is 5.75 Å². The van der Waals surface area contributed by atoms with Gasteiger partial charge in [-0.05, 0) is 56.1 Å². The Labute approximate surface area is 175 Å². The number of piperidine rings is 1. The van der Waals surface area contributed by atoms with Gasteiger partial charge in [0.1, 0.15) is 5.75 Å². The fraction of sp³-hybridized carbons (Fsp3) is 0.526. The fourth-order valence-corrected chi connectivity index (χ4v) is 4.76. The smallest absolute Gasteiger partial charge is 0.446 e. The lowest BCUT2D eigenvalue weighted by Crippen LogP contribution is -2.59. The second-order valence-electron chi connectivity index (χ2n) is 7.02. The highest BCUT2D eigenvalue weighted by Crippen LogP contribution is 2.48. The number of benzene rings is 1. The average molecular weight is 442 g/mol. The number of rotatable bonds is 3. The van der Waals surface area contributed by atoms with Gasteiger partial charge < -0.3 is 14.4 Å². The molecule has 30 heavy (non-hydrogen) atoms. The van der Waals surface area contributed by atoms with Crippen LogP contribution in [0.1, 0.15) is 26.2 Å². The number of anilines is 1. The molecule has 0 amide bonds. The van der Waals surface area contributed by atoms with Crippen LogP contribution in [-0.2, 0) is 9.53 Å². The molecule has 7 nitrogen and oxygen atoms in total. The first-order valence-corrected chi connectivity index (χ1v) is 10.5. The second kappa shape index (κ2) is 7.68. The van der Waals surface area contributed by atoms with Crippen LogP contribution in [0.15, 0.2) is 33.1 Å². The highest BCUT2D eigenvalue weighted by Gasteiger charge is 2.66. The standard InChI is InChI=1S/C19H21F3N4O3S/c1-3-29-12-7-8-13-14(11-12)30-17-24-18(15(27)28-2,19(20,21)22)23-16(26(13)17)25-9-5-4-6-10-25/h7-8,11H,3-6,9-10H2,1-2H3. The largest absolute Gasteiger partial charge is 0.494 e. The van der Waals surface area contributed by atoms with E-state index in [2.05, 4.69) is 14.7 Å². The zero-order valence-corrected chi connectivity index (χ0v) is 17.3. The Balaban J connectivity index is 1.87. The minimum absolute atomic E-state index is 0.0388. The van der Waals surface area contributed by atoms with E-state index >= 15 is 0 Å². The van der Waals surface area contributed by atoms with E-state index in [-0.39, 0.29) is 11.1 Å². The molecule has 3 heterocycles. The van der Waals surface area contributed by atoms with E-state index in [1.54, 1.807) is 28.0 Å². The molecule has 0 aliphatic carbocycles. The number of hydrogen-bond acceptors (Lipinski definition) is 8. The molecule has 4 rings (SSSR count). The van der Waals surface area contributed by atoms with Crippen LogP contribution in [0.25, 0.3) is 0 Å². The Kier molecular flexibility index (Phi) is 5.33. The van der Waals surface area contributed by atoms with Crippen LogP contribution < -0.4 is 9.64 Å². The number of fused-ring (bicyclic) bond motifs is 3. The molecule has 1 aromatic rings. The summed E-state index contributed by atoms with van der Waals surface area (Å²) in [5.41, 5.74) is -2.66. The van der Waals surface area contributed by atoms with Gasteiger partial charge in [0, 0.05) is 18.0 Å². The quantitative estimate of drug-likeness (QED) is 0.666. The Morgan fingerprint density at radius 3 is 2.60 bits per heavy atom. The number of aliphatic imine (C=N–C) groups is 2. The number of likely N-dealkylation sites (tertiary alicyclic amines) is 1. The van der Waals surface area contributed by atoms with Gasteiger partial charge in [-0.3, -0.25) is 4.90 Å². The van der Waals surface area contributed by atoms with Crippen molar-refractivity contribution in [2.45, 2.75) is 42.9 Å². The maximum absolute atomic E-state index is 14.1. The van der Waals surface area contributed by atoms with Gasteiger partial charge in [0.15, 0.2) is 5.17 Å². The summed E-state index contributed by atoms with van der Waals surface area (Å²) in [5, 5.41) is 0.0388. The summed E-state index contributed by atoms with van der Waals surface area (Å²) in [5.74, 6) is -0.878. The number of hydrogen-bond donors (Lipinski definition) is 0. The number of esters is 1. The van der Waals surface area contributed by atoms with Crippen molar-refractivity contribution < 1.29 is 27.4 Å². The molecule has 0 bridgehead atoms. The number of guanidine groups is 1. The van der Waals surface area contributed by atoms with Gasteiger partial charge in [-0.1, -0.05) is 0 Å². The van der Waals surface area contributed by atoms with E-state index in [1.807, 2.05) is 6.92 Å². The van der Waals surface area contributed by atoms with E-state index in [4.69, 9.17) is 4.74 Å². The van der Waals surface area contributed by atoms with Gasteiger partial charge in [0.2, 0.25) is 5.96 Å². The number of amidine groups is 1. The van der Waals surface area contributed by atoms with Crippen LogP contribution in [0.3, 0.4) is 0 Å². The molecule has 3 aliphatic rings. The summed E-state index contributed by atoms with van der Waals surface area (Å²) < 4.78 is 52.4. The molecule has 1 atom stereocenters. The van der Waals surface area contributed by atoms with Crippen molar-refractivity contribution in [3.63, 3.8) is 0 Å². The number of alkyl halides is 3. The SMILES string of the molecule is CCOc1ccc2c(c1)SC1=NC(C(=O)OC)(C(F)(F)F)N=C(N3CCCCC3)N12. The van der Waals surface area contributed by atoms with Crippen molar-refractivity contribution in [2.75, 3.05) is 31.7 Å². The first-order valence-electron chi connectivity index (χ1n) is 9.65. The van der Waals surface area contributed by atoms with E-state index in [1.165, 1.54) is 0 Å². The Morgan fingerprint density at radius 2 is 1.97 bits per heavy atom. The third kappa shape index (κ3) is 3.28. The monoisotopic (exact) mass is 442 g/mol. The molecule has 3 aliphatic heterocycles. The number of carbonyl (C=O) groups is 1. The lowest BCUT2D eigenvalue weighted by Gasteiger charge is -2.39. The van der Waals surface area contributed by atoms with Crippen LogP contribution in [0.2, 0.25) is 0 Å². The molecular formula is C19H21F3N4O3S. The predicted octanol–water partition coefficient (Wildman–Crippen LogP) is 3.64. The van der Waals surface area contributed by atoms with E-state index in [0.717, 1.165) is 38.1 Å². The summed E-state index contributed by atoms with van der Waals surface area (Å²) in [6, 6.07) is 5.28. The van der Waals surface area contributed by atoms with Crippen LogP contribution >= 0.6 is 11.8 Å². The number of halogens is 3. The molecule has 11 heteroatoms. The number of nitrogens with zero attached hydrogens (tertiary/aromatic N) is 4. The summed E-state index contributed by atoms with van der Waals surface area (Å²) >= 11 is 1.05. The van der Waals surface area contributed by atoms with Gasteiger partial charge in [-0.25, -0.2) is 14.8 Å². The minimum Gasteiger partial charge on any atom is -0.494 e. The molecule has 1 saturated heterocycles. The normalized spacial score (nSPS) is 23.4. The lowest BCUT2D eigenvalue weighted by atomic mass is 10.1. The zero-order chi connectivity index (χ0) is 21.5. The topological polar surface area (TPSA) is 66.7 Å². The van der Waals surface area contributed by atoms with Gasteiger partial charge >= 0.3 is 17.8 Å². The molecule has 1 unspecified atom stereocenters. The summed E-state index contributed by atoms with van der Waals surface area (Å²) in [7, 11) is 0.906. The zero-order valence-electron chi connectivity index (χ0n) is 16.5. The number of ether oxygens (including phenoxy) is 2. The summed E-state index contributed by atoms with van der Waals surface area (Å²) in [4.78, 5) is 24.1. The van der Waals surface area contributed by atoms with Crippen molar-refractivity contribution in [1.82, 2.24) is 4.90 Å².